The van der Waals surface area contributed by atoms with Crippen LogP contribution in [0.1, 0.15) is 54.2 Å². The van der Waals surface area contributed by atoms with E-state index in [4.69, 9.17) is 4.42 Å². The van der Waals surface area contributed by atoms with Crippen LogP contribution in [0.5, 0.6) is 0 Å². The normalized spacial score (nSPS) is 16.4. The van der Waals surface area contributed by atoms with Crippen LogP contribution in [0.2, 0.25) is 0 Å². The third-order valence-electron chi connectivity index (χ3n) is 3.87. The fraction of sp³-hybridized carbons (Fsp3) is 0.467. The van der Waals surface area contributed by atoms with Crippen molar-refractivity contribution in [2.45, 2.75) is 44.6 Å². The van der Waals surface area contributed by atoms with E-state index in [1.165, 1.54) is 38.4 Å². The smallest absolute Gasteiger partial charge is 0.179 e. The van der Waals surface area contributed by atoms with Gasteiger partial charge in [-0.1, -0.05) is 19.3 Å². The molecule has 0 N–H and O–H groups in total. The second-order valence-electron chi connectivity index (χ2n) is 5.29. The molecule has 0 aromatic carbocycles. The third kappa shape index (κ3) is 2.87. The van der Waals surface area contributed by atoms with Crippen molar-refractivity contribution >= 4 is 21.7 Å². The maximum absolute atomic E-state index is 12.1. The van der Waals surface area contributed by atoms with Crippen molar-refractivity contribution in [2.75, 3.05) is 0 Å². The summed E-state index contributed by atoms with van der Waals surface area (Å²) in [6.07, 6.45) is 10.1. The summed E-state index contributed by atoms with van der Waals surface area (Å²) in [6, 6.07) is 4.14. The molecule has 2 aromatic heterocycles. The summed E-state index contributed by atoms with van der Waals surface area (Å²) in [5, 5.41) is 4.56. The number of hydrogen-bond acceptors (Lipinski definition) is 3. The predicted molar refractivity (Wildman–Crippen MR) is 78.8 cm³/mol. The Balaban J connectivity index is 1.68. The first-order valence-electron chi connectivity index (χ1n) is 7.04. The molecule has 0 amide bonds. The number of Topliss-reactive ketones (excluding diaryl/α,β-unsaturated/α-hetero) is 1. The van der Waals surface area contributed by atoms with Gasteiger partial charge in [0.15, 0.2) is 10.5 Å². The van der Waals surface area contributed by atoms with E-state index in [-0.39, 0.29) is 5.78 Å². The standard InChI is InChI=1S/C15H17BrN2O2/c16-15-13(7-9-20-15)14(19)10-11-6-8-18(17-11)12-4-2-1-3-5-12/h6-9,12H,1-5,10H2. The van der Waals surface area contributed by atoms with Crippen molar-refractivity contribution in [3.8, 4) is 0 Å². The summed E-state index contributed by atoms with van der Waals surface area (Å²) in [6.45, 7) is 0. The Kier molecular flexibility index (Phi) is 4.05. The van der Waals surface area contributed by atoms with Gasteiger partial charge in [0.25, 0.3) is 0 Å². The number of hydrogen-bond donors (Lipinski definition) is 0. The molecule has 20 heavy (non-hydrogen) atoms. The Morgan fingerprint density at radius 2 is 2.15 bits per heavy atom. The van der Waals surface area contributed by atoms with Crippen LogP contribution in [-0.4, -0.2) is 15.6 Å². The number of halogens is 1. The molecular weight excluding hydrogens is 320 g/mol. The highest BCUT2D eigenvalue weighted by atomic mass is 79.9. The largest absolute Gasteiger partial charge is 0.457 e. The second-order valence-corrected chi connectivity index (χ2v) is 6.01. The van der Waals surface area contributed by atoms with Crippen LogP contribution in [0.15, 0.2) is 33.7 Å². The van der Waals surface area contributed by atoms with E-state index < -0.39 is 0 Å². The van der Waals surface area contributed by atoms with E-state index in [1.807, 2.05) is 16.9 Å². The molecule has 1 fully saturated rings. The second kappa shape index (κ2) is 5.95. The molecule has 0 aliphatic heterocycles. The van der Waals surface area contributed by atoms with Gasteiger partial charge in [0, 0.05) is 6.20 Å². The van der Waals surface area contributed by atoms with Crippen molar-refractivity contribution < 1.29 is 9.21 Å². The topological polar surface area (TPSA) is 48.0 Å². The molecule has 1 aliphatic rings. The molecule has 106 valence electrons. The van der Waals surface area contributed by atoms with Gasteiger partial charge >= 0.3 is 0 Å². The van der Waals surface area contributed by atoms with Crippen LogP contribution in [-0.2, 0) is 6.42 Å². The summed E-state index contributed by atoms with van der Waals surface area (Å²) in [4.78, 5) is 12.1. The first kappa shape index (κ1) is 13.6. The Bertz CT molecular complexity index is 597. The lowest BCUT2D eigenvalue weighted by molar-refractivity contribution is 0.0990. The first-order chi connectivity index (χ1) is 9.74. The van der Waals surface area contributed by atoms with Gasteiger partial charge in [-0.25, -0.2) is 0 Å². The summed E-state index contributed by atoms with van der Waals surface area (Å²) >= 11 is 3.23. The number of nitrogens with zero attached hydrogens (tertiary/aromatic N) is 2. The lowest BCUT2D eigenvalue weighted by atomic mass is 9.96. The minimum absolute atomic E-state index is 0.0273. The molecule has 0 radical (unpaired) electrons. The number of carbonyl (C=O) groups excluding carboxylic acids is 1. The fourth-order valence-electron chi connectivity index (χ4n) is 2.77. The number of ketones is 1. The maximum atomic E-state index is 12.1. The van der Waals surface area contributed by atoms with E-state index in [0.717, 1.165) is 5.69 Å². The molecule has 5 heteroatoms. The SMILES string of the molecule is O=C(Cc1ccn(C2CCCCC2)n1)c1ccoc1Br. The van der Waals surface area contributed by atoms with Crippen LogP contribution >= 0.6 is 15.9 Å². The summed E-state index contributed by atoms with van der Waals surface area (Å²) in [5.74, 6) is 0.0273. The fourth-order valence-corrected chi connectivity index (χ4v) is 3.23. The van der Waals surface area contributed by atoms with Gasteiger partial charge in [0.1, 0.15) is 0 Å². The highest BCUT2D eigenvalue weighted by Crippen LogP contribution is 2.27. The van der Waals surface area contributed by atoms with Gasteiger partial charge in [-0.05, 0) is 40.9 Å². The van der Waals surface area contributed by atoms with E-state index >= 15 is 0 Å². The monoisotopic (exact) mass is 336 g/mol. The van der Waals surface area contributed by atoms with Crippen molar-refractivity contribution in [3.63, 3.8) is 0 Å². The highest BCUT2D eigenvalue weighted by Gasteiger charge is 2.18. The van der Waals surface area contributed by atoms with Gasteiger partial charge in [-0.2, -0.15) is 5.10 Å². The Morgan fingerprint density at radius 3 is 2.85 bits per heavy atom. The van der Waals surface area contributed by atoms with Crippen LogP contribution in [0.4, 0.5) is 0 Å². The lowest BCUT2D eigenvalue weighted by Crippen LogP contribution is -2.14. The van der Waals surface area contributed by atoms with Gasteiger partial charge < -0.3 is 4.42 Å². The van der Waals surface area contributed by atoms with Crippen LogP contribution in [0.3, 0.4) is 0 Å². The summed E-state index contributed by atoms with van der Waals surface area (Å²) in [7, 11) is 0. The molecule has 0 spiro atoms. The van der Waals surface area contributed by atoms with Crippen LogP contribution in [0, 0.1) is 0 Å². The number of aromatic nitrogens is 2. The zero-order chi connectivity index (χ0) is 13.9. The summed E-state index contributed by atoms with van der Waals surface area (Å²) in [5.41, 5.74) is 1.41. The molecule has 1 saturated carbocycles. The average Bonchev–Trinajstić information content (AvgIpc) is 3.09. The van der Waals surface area contributed by atoms with Crippen LogP contribution < -0.4 is 0 Å². The minimum atomic E-state index is 0.0273. The quantitative estimate of drug-likeness (QED) is 0.787. The van der Waals surface area contributed by atoms with Crippen molar-refractivity contribution in [3.05, 3.63) is 40.5 Å². The molecule has 1 aliphatic carbocycles. The predicted octanol–water partition coefficient (Wildman–Crippen LogP) is 4.17. The molecule has 2 aromatic rings. The molecule has 0 atom stereocenters. The molecule has 0 bridgehead atoms. The van der Waals surface area contributed by atoms with E-state index in [2.05, 4.69) is 21.0 Å². The van der Waals surface area contributed by atoms with Crippen molar-refractivity contribution in [1.82, 2.24) is 9.78 Å². The van der Waals surface area contributed by atoms with E-state index in [9.17, 15) is 4.79 Å². The molecule has 0 saturated heterocycles. The van der Waals surface area contributed by atoms with Gasteiger partial charge in [0.2, 0.25) is 0 Å². The number of furan rings is 1. The number of rotatable bonds is 4. The molecule has 3 rings (SSSR count). The zero-order valence-corrected chi connectivity index (χ0v) is 12.8. The summed E-state index contributed by atoms with van der Waals surface area (Å²) < 4.78 is 7.62. The van der Waals surface area contributed by atoms with E-state index in [1.54, 1.807) is 6.07 Å². The van der Waals surface area contributed by atoms with Gasteiger partial charge in [-0.15, -0.1) is 0 Å². The van der Waals surface area contributed by atoms with Gasteiger partial charge in [-0.3, -0.25) is 9.48 Å². The molecule has 2 heterocycles. The first-order valence-corrected chi connectivity index (χ1v) is 7.83. The highest BCUT2D eigenvalue weighted by molar-refractivity contribution is 9.10. The molecule has 4 nitrogen and oxygen atoms in total. The molecule has 0 unspecified atom stereocenters. The van der Waals surface area contributed by atoms with Crippen LogP contribution in [0.25, 0.3) is 0 Å². The van der Waals surface area contributed by atoms with E-state index in [0.29, 0.717) is 22.7 Å². The van der Waals surface area contributed by atoms with Crippen molar-refractivity contribution in [2.24, 2.45) is 0 Å². The van der Waals surface area contributed by atoms with Gasteiger partial charge in [0.05, 0.1) is 30.0 Å². The Hall–Kier alpha value is -1.36. The molecular formula is C15H17BrN2O2. The van der Waals surface area contributed by atoms with Crippen molar-refractivity contribution in [1.29, 1.82) is 0 Å². The Morgan fingerprint density at radius 1 is 1.35 bits per heavy atom. The average molecular weight is 337 g/mol. The lowest BCUT2D eigenvalue weighted by Gasteiger charge is -2.21. The third-order valence-corrected chi connectivity index (χ3v) is 4.49. The zero-order valence-electron chi connectivity index (χ0n) is 11.2. The maximum Gasteiger partial charge on any atom is 0.179 e. The number of carbonyl (C=O) groups is 1. The minimum Gasteiger partial charge on any atom is -0.457 e. The Labute approximate surface area is 126 Å².